The second-order valence-corrected chi connectivity index (χ2v) is 8.96. The SMILES string of the molecule is CCCCCCCCCCCCCCC1(O)C(C)=C(C)C2=[N+](C)CCCN21. The van der Waals surface area contributed by atoms with Gasteiger partial charge in [-0.05, 0) is 20.3 Å². The first-order valence-electron chi connectivity index (χ1n) is 11.8. The van der Waals surface area contributed by atoms with E-state index in [9.17, 15) is 5.11 Å². The molecule has 0 saturated heterocycles. The Morgan fingerprint density at radius 1 is 0.889 bits per heavy atom. The monoisotopic (exact) mass is 377 g/mol. The molecule has 2 aliphatic rings. The van der Waals surface area contributed by atoms with E-state index in [0.29, 0.717) is 0 Å². The largest absolute Gasteiger partial charge is 0.350 e. The number of amidine groups is 1. The third-order valence-electron chi connectivity index (χ3n) is 6.82. The van der Waals surface area contributed by atoms with Gasteiger partial charge in [0.1, 0.15) is 0 Å². The lowest BCUT2D eigenvalue weighted by molar-refractivity contribution is -0.509. The van der Waals surface area contributed by atoms with E-state index in [1.807, 2.05) is 0 Å². The summed E-state index contributed by atoms with van der Waals surface area (Å²) < 4.78 is 2.32. The molecule has 2 aliphatic heterocycles. The van der Waals surface area contributed by atoms with Crippen molar-refractivity contribution in [2.24, 2.45) is 0 Å². The van der Waals surface area contributed by atoms with Gasteiger partial charge in [-0.25, -0.2) is 4.90 Å². The van der Waals surface area contributed by atoms with Crippen LogP contribution in [0.1, 0.15) is 111 Å². The Morgan fingerprint density at radius 3 is 1.96 bits per heavy atom. The van der Waals surface area contributed by atoms with Gasteiger partial charge in [0.25, 0.3) is 5.84 Å². The summed E-state index contributed by atoms with van der Waals surface area (Å²) in [5.74, 6) is 1.26. The van der Waals surface area contributed by atoms with Gasteiger partial charge in [-0.2, -0.15) is 0 Å². The van der Waals surface area contributed by atoms with Crippen LogP contribution in [0.2, 0.25) is 0 Å². The van der Waals surface area contributed by atoms with Crippen molar-refractivity contribution in [3.63, 3.8) is 0 Å². The minimum atomic E-state index is -0.730. The van der Waals surface area contributed by atoms with E-state index in [1.165, 1.54) is 87.6 Å². The summed E-state index contributed by atoms with van der Waals surface area (Å²) in [6.45, 7) is 8.69. The van der Waals surface area contributed by atoms with E-state index in [-0.39, 0.29) is 0 Å². The Bertz CT molecular complexity index is 522. The van der Waals surface area contributed by atoms with Crippen molar-refractivity contribution in [3.05, 3.63) is 11.1 Å². The summed E-state index contributed by atoms with van der Waals surface area (Å²) in [6, 6.07) is 0. The van der Waals surface area contributed by atoms with Crippen LogP contribution >= 0.6 is 0 Å². The smallest absolute Gasteiger partial charge is 0.277 e. The number of hydrogen-bond acceptors (Lipinski definition) is 2. The highest BCUT2D eigenvalue weighted by Crippen LogP contribution is 2.38. The van der Waals surface area contributed by atoms with Crippen molar-refractivity contribution < 1.29 is 9.68 Å². The van der Waals surface area contributed by atoms with E-state index in [2.05, 4.69) is 37.3 Å². The van der Waals surface area contributed by atoms with Crippen molar-refractivity contribution in [3.8, 4) is 0 Å². The molecule has 1 atom stereocenters. The Hall–Kier alpha value is -0.830. The lowest BCUT2D eigenvalue weighted by Gasteiger charge is -2.33. The molecule has 2 heterocycles. The molecule has 0 saturated carbocycles. The molecule has 0 aromatic heterocycles. The van der Waals surface area contributed by atoms with Gasteiger partial charge in [0.2, 0.25) is 5.72 Å². The molecule has 0 bridgehead atoms. The number of nitrogens with zero attached hydrogens (tertiary/aromatic N) is 2. The minimum Gasteiger partial charge on any atom is -0.350 e. The van der Waals surface area contributed by atoms with E-state index in [4.69, 9.17) is 0 Å². The first kappa shape index (κ1) is 22.5. The molecule has 0 aromatic carbocycles. The fourth-order valence-corrected chi connectivity index (χ4v) is 4.94. The van der Waals surface area contributed by atoms with E-state index >= 15 is 0 Å². The van der Waals surface area contributed by atoms with Crippen LogP contribution in [0.25, 0.3) is 0 Å². The van der Waals surface area contributed by atoms with Crippen molar-refractivity contribution in [1.29, 1.82) is 0 Å². The fraction of sp³-hybridized carbons (Fsp3) is 0.875. The van der Waals surface area contributed by atoms with Gasteiger partial charge in [-0.1, -0.05) is 77.6 Å². The van der Waals surface area contributed by atoms with Crippen molar-refractivity contribution in [2.45, 2.75) is 116 Å². The van der Waals surface area contributed by atoms with Gasteiger partial charge in [0.15, 0.2) is 0 Å². The Balaban J connectivity index is 1.61. The molecule has 3 heteroatoms. The van der Waals surface area contributed by atoms with E-state index in [1.54, 1.807) is 0 Å². The van der Waals surface area contributed by atoms with Crippen LogP contribution in [0.3, 0.4) is 0 Å². The van der Waals surface area contributed by atoms with Crippen molar-refractivity contribution in [2.75, 3.05) is 20.1 Å². The number of aliphatic hydroxyl groups is 1. The number of rotatable bonds is 13. The first-order chi connectivity index (χ1) is 13.0. The Kier molecular flexibility index (Phi) is 9.35. The molecular weight excluding hydrogens is 332 g/mol. The Morgan fingerprint density at radius 2 is 1.41 bits per heavy atom. The van der Waals surface area contributed by atoms with Crippen LogP contribution in [0.4, 0.5) is 0 Å². The maximum Gasteiger partial charge on any atom is 0.277 e. The standard InChI is InChI=1S/C24H45N2O/c1-5-6-7-8-9-10-11-12-13-14-15-16-18-24(27)22(3)21(2)23-25(4)19-17-20-26(23)24/h27H,5-20H2,1-4H3/q+1. The number of fused-ring (bicyclic) bond motifs is 1. The normalized spacial score (nSPS) is 22.8. The maximum absolute atomic E-state index is 11.4. The highest BCUT2D eigenvalue weighted by Gasteiger charge is 2.52. The zero-order chi connectivity index (χ0) is 19.7. The molecule has 3 nitrogen and oxygen atoms in total. The molecular formula is C24H45N2O+. The van der Waals surface area contributed by atoms with Crippen LogP contribution in [-0.2, 0) is 0 Å². The topological polar surface area (TPSA) is 26.5 Å². The molecule has 1 N–H and O–H groups in total. The molecule has 1 unspecified atom stereocenters. The van der Waals surface area contributed by atoms with Crippen LogP contribution in [-0.4, -0.2) is 46.3 Å². The summed E-state index contributed by atoms with van der Waals surface area (Å²) in [5.41, 5.74) is 1.74. The predicted molar refractivity (Wildman–Crippen MR) is 116 cm³/mol. The number of unbranched alkanes of at least 4 members (excludes halogenated alkanes) is 11. The van der Waals surface area contributed by atoms with Crippen molar-refractivity contribution in [1.82, 2.24) is 4.90 Å². The van der Waals surface area contributed by atoms with Gasteiger partial charge in [0, 0.05) is 24.0 Å². The molecule has 27 heavy (non-hydrogen) atoms. The summed E-state index contributed by atoms with van der Waals surface area (Å²) in [4.78, 5) is 2.28. The zero-order valence-corrected chi connectivity index (χ0v) is 18.7. The Labute approximate surface area is 168 Å². The van der Waals surface area contributed by atoms with Gasteiger partial charge < -0.3 is 5.11 Å². The summed E-state index contributed by atoms with van der Waals surface area (Å²) in [5, 5.41) is 11.4. The second-order valence-electron chi connectivity index (χ2n) is 8.96. The van der Waals surface area contributed by atoms with Gasteiger partial charge in [0.05, 0.1) is 20.1 Å². The van der Waals surface area contributed by atoms with Gasteiger partial charge in [-0.15, -0.1) is 0 Å². The highest BCUT2D eigenvalue weighted by atomic mass is 16.3. The molecule has 0 fully saturated rings. The van der Waals surface area contributed by atoms with E-state index < -0.39 is 5.72 Å². The average molecular weight is 378 g/mol. The fourth-order valence-electron chi connectivity index (χ4n) is 4.94. The zero-order valence-electron chi connectivity index (χ0n) is 18.7. The molecule has 0 aliphatic carbocycles. The molecule has 2 rings (SSSR count). The van der Waals surface area contributed by atoms with Crippen LogP contribution < -0.4 is 0 Å². The van der Waals surface area contributed by atoms with Gasteiger partial charge >= 0.3 is 0 Å². The average Bonchev–Trinajstić information content (AvgIpc) is 2.85. The maximum atomic E-state index is 11.4. The third kappa shape index (κ3) is 5.82. The lowest BCUT2D eigenvalue weighted by atomic mass is 9.96. The quantitative estimate of drug-likeness (QED) is 0.321. The molecule has 0 aromatic rings. The summed E-state index contributed by atoms with van der Waals surface area (Å²) >= 11 is 0. The highest BCUT2D eigenvalue weighted by molar-refractivity contribution is 5.98. The van der Waals surface area contributed by atoms with Crippen LogP contribution in [0, 0.1) is 0 Å². The second kappa shape index (κ2) is 11.2. The number of hydrogen-bond donors (Lipinski definition) is 1. The molecule has 0 amide bonds. The molecule has 0 spiro atoms. The van der Waals surface area contributed by atoms with Gasteiger partial charge in [-0.3, -0.25) is 4.58 Å². The van der Waals surface area contributed by atoms with E-state index in [0.717, 1.165) is 32.4 Å². The molecule has 0 radical (unpaired) electrons. The summed E-state index contributed by atoms with van der Waals surface area (Å²) in [6.07, 6.45) is 18.4. The third-order valence-corrected chi connectivity index (χ3v) is 6.82. The van der Waals surface area contributed by atoms with Crippen molar-refractivity contribution >= 4 is 5.84 Å². The molecule has 156 valence electrons. The van der Waals surface area contributed by atoms with Crippen LogP contribution in [0.5, 0.6) is 0 Å². The minimum absolute atomic E-state index is 0.730. The summed E-state index contributed by atoms with van der Waals surface area (Å²) in [7, 11) is 2.16. The predicted octanol–water partition coefficient (Wildman–Crippen LogP) is 5.86. The lowest BCUT2D eigenvalue weighted by Crippen LogP contribution is -2.53. The van der Waals surface area contributed by atoms with Crippen LogP contribution in [0.15, 0.2) is 11.1 Å². The first-order valence-corrected chi connectivity index (χ1v) is 11.8.